The van der Waals surface area contributed by atoms with Gasteiger partial charge in [-0.2, -0.15) is 0 Å². The number of imidazole rings is 1. The van der Waals surface area contributed by atoms with Crippen molar-refractivity contribution < 1.29 is 0 Å². The fourth-order valence-electron chi connectivity index (χ4n) is 2.28. The molecule has 2 aromatic heterocycles. The first-order chi connectivity index (χ1) is 9.90. The van der Waals surface area contributed by atoms with Crippen LogP contribution in [0.1, 0.15) is 75.9 Å². The Morgan fingerprint density at radius 3 is 2.38 bits per heavy atom. The molecule has 0 bridgehead atoms. The third kappa shape index (κ3) is 3.71. The number of nitrogens with one attached hydrogen (secondary N) is 1. The van der Waals surface area contributed by atoms with E-state index in [1.807, 2.05) is 12.5 Å². The second kappa shape index (κ2) is 6.71. The van der Waals surface area contributed by atoms with Gasteiger partial charge in [-0.05, 0) is 33.6 Å². The van der Waals surface area contributed by atoms with Gasteiger partial charge in [0.15, 0.2) is 0 Å². The van der Waals surface area contributed by atoms with Gasteiger partial charge in [0.1, 0.15) is 11.0 Å². The van der Waals surface area contributed by atoms with Crippen molar-refractivity contribution in [3.63, 3.8) is 0 Å². The highest BCUT2D eigenvalue weighted by Gasteiger charge is 2.23. The number of nitrogens with zero attached hydrogens (tertiary/aromatic N) is 3. The van der Waals surface area contributed by atoms with Crippen molar-refractivity contribution in [2.24, 2.45) is 0 Å². The third-order valence-corrected chi connectivity index (χ3v) is 4.35. The van der Waals surface area contributed by atoms with Crippen LogP contribution in [-0.4, -0.2) is 20.6 Å². The molecular weight excluding hydrogens is 280 g/mol. The lowest BCUT2D eigenvalue weighted by molar-refractivity contribution is 0.478. The standard InChI is InChI=1S/C16H26N4S/c1-10(2)13-8-21-16(19-13)15(18-11(3)4)14-7-17-9-20(14)12(5)6/h7-12,15,18H,1-6H3. The summed E-state index contributed by atoms with van der Waals surface area (Å²) in [6, 6.07) is 0.882. The van der Waals surface area contributed by atoms with Crippen LogP contribution in [0.3, 0.4) is 0 Å². The van der Waals surface area contributed by atoms with E-state index in [4.69, 9.17) is 4.98 Å². The van der Waals surface area contributed by atoms with Crippen molar-refractivity contribution in [2.45, 2.75) is 65.6 Å². The molecule has 5 heteroatoms. The Kier molecular flexibility index (Phi) is 5.17. The SMILES string of the molecule is CC(C)NC(c1nc(C(C)C)cs1)c1cncn1C(C)C. The van der Waals surface area contributed by atoms with Gasteiger partial charge in [-0.3, -0.25) is 0 Å². The minimum absolute atomic E-state index is 0.104. The lowest BCUT2D eigenvalue weighted by Crippen LogP contribution is -2.30. The Bertz CT molecular complexity index is 568. The smallest absolute Gasteiger partial charge is 0.116 e. The van der Waals surface area contributed by atoms with Crippen LogP contribution in [0.2, 0.25) is 0 Å². The van der Waals surface area contributed by atoms with E-state index >= 15 is 0 Å². The van der Waals surface area contributed by atoms with Gasteiger partial charge in [-0.15, -0.1) is 11.3 Å². The summed E-state index contributed by atoms with van der Waals surface area (Å²) in [4.78, 5) is 9.17. The summed E-state index contributed by atoms with van der Waals surface area (Å²) in [5.74, 6) is 0.463. The van der Waals surface area contributed by atoms with E-state index in [9.17, 15) is 0 Å². The Balaban J connectivity index is 2.39. The summed E-state index contributed by atoms with van der Waals surface area (Å²) in [6.45, 7) is 13.1. The molecule has 0 aliphatic carbocycles. The average Bonchev–Trinajstić information content (AvgIpc) is 3.05. The van der Waals surface area contributed by atoms with E-state index in [2.05, 4.69) is 61.8 Å². The Hall–Kier alpha value is -1.20. The number of aromatic nitrogens is 3. The van der Waals surface area contributed by atoms with E-state index < -0.39 is 0 Å². The molecule has 0 amide bonds. The van der Waals surface area contributed by atoms with E-state index in [1.54, 1.807) is 11.3 Å². The molecule has 21 heavy (non-hydrogen) atoms. The number of hydrogen-bond donors (Lipinski definition) is 1. The van der Waals surface area contributed by atoms with Gasteiger partial charge in [-0.25, -0.2) is 9.97 Å². The number of hydrogen-bond acceptors (Lipinski definition) is 4. The van der Waals surface area contributed by atoms with E-state index in [1.165, 1.54) is 11.4 Å². The first-order valence-corrected chi connectivity index (χ1v) is 8.51. The maximum atomic E-state index is 4.83. The molecule has 2 aromatic rings. The second-order valence-electron chi connectivity index (χ2n) is 6.34. The summed E-state index contributed by atoms with van der Waals surface area (Å²) >= 11 is 1.73. The summed E-state index contributed by atoms with van der Waals surface area (Å²) < 4.78 is 2.22. The molecule has 1 atom stereocenters. The van der Waals surface area contributed by atoms with Crippen molar-refractivity contribution in [1.29, 1.82) is 0 Å². The molecule has 0 aliphatic heterocycles. The summed E-state index contributed by atoms with van der Waals surface area (Å²) in [6.07, 6.45) is 3.86. The van der Waals surface area contributed by atoms with Gasteiger partial charge < -0.3 is 9.88 Å². The van der Waals surface area contributed by atoms with Crippen molar-refractivity contribution >= 4 is 11.3 Å². The zero-order chi connectivity index (χ0) is 15.6. The van der Waals surface area contributed by atoms with Gasteiger partial charge in [0.2, 0.25) is 0 Å². The predicted molar refractivity (Wildman–Crippen MR) is 88.9 cm³/mol. The molecule has 2 heterocycles. The maximum absolute atomic E-state index is 4.83. The molecule has 0 fully saturated rings. The zero-order valence-electron chi connectivity index (χ0n) is 13.8. The van der Waals surface area contributed by atoms with Crippen molar-refractivity contribution in [2.75, 3.05) is 0 Å². The van der Waals surface area contributed by atoms with Gasteiger partial charge in [0.05, 0.1) is 23.9 Å². The molecule has 0 saturated carbocycles. The Morgan fingerprint density at radius 1 is 1.14 bits per heavy atom. The molecule has 1 unspecified atom stereocenters. The van der Waals surface area contributed by atoms with Gasteiger partial charge >= 0.3 is 0 Å². The van der Waals surface area contributed by atoms with Crippen LogP contribution < -0.4 is 5.32 Å². The highest BCUT2D eigenvalue weighted by atomic mass is 32.1. The fourth-order valence-corrected chi connectivity index (χ4v) is 3.33. The quantitative estimate of drug-likeness (QED) is 0.872. The second-order valence-corrected chi connectivity index (χ2v) is 7.23. The zero-order valence-corrected chi connectivity index (χ0v) is 14.6. The predicted octanol–water partition coefficient (Wildman–Crippen LogP) is 4.13. The minimum atomic E-state index is 0.104. The first kappa shape index (κ1) is 16.2. The average molecular weight is 306 g/mol. The van der Waals surface area contributed by atoms with E-state index in [0.717, 1.165) is 5.01 Å². The highest BCUT2D eigenvalue weighted by Crippen LogP contribution is 2.29. The van der Waals surface area contributed by atoms with Crippen molar-refractivity contribution in [3.8, 4) is 0 Å². The monoisotopic (exact) mass is 306 g/mol. The topological polar surface area (TPSA) is 42.7 Å². The van der Waals surface area contributed by atoms with Crippen LogP contribution in [-0.2, 0) is 0 Å². The minimum Gasteiger partial charge on any atom is -0.330 e. The van der Waals surface area contributed by atoms with E-state index in [0.29, 0.717) is 18.0 Å². The van der Waals surface area contributed by atoms with Crippen LogP contribution in [0.4, 0.5) is 0 Å². The molecule has 0 radical (unpaired) electrons. The molecule has 0 spiro atoms. The lowest BCUT2D eigenvalue weighted by Gasteiger charge is -2.22. The fraction of sp³-hybridized carbons (Fsp3) is 0.625. The first-order valence-electron chi connectivity index (χ1n) is 7.63. The van der Waals surface area contributed by atoms with Crippen molar-refractivity contribution in [3.05, 3.63) is 34.3 Å². The van der Waals surface area contributed by atoms with E-state index in [-0.39, 0.29) is 6.04 Å². The molecule has 0 aliphatic rings. The van der Waals surface area contributed by atoms with Gasteiger partial charge in [0, 0.05) is 17.5 Å². The largest absolute Gasteiger partial charge is 0.330 e. The molecule has 4 nitrogen and oxygen atoms in total. The van der Waals surface area contributed by atoms with Crippen LogP contribution in [0, 0.1) is 0 Å². The normalized spacial score (nSPS) is 13.6. The van der Waals surface area contributed by atoms with Crippen molar-refractivity contribution in [1.82, 2.24) is 19.9 Å². The van der Waals surface area contributed by atoms with Crippen LogP contribution >= 0.6 is 11.3 Å². The van der Waals surface area contributed by atoms with Gasteiger partial charge in [-0.1, -0.05) is 13.8 Å². The van der Waals surface area contributed by atoms with Gasteiger partial charge in [0.25, 0.3) is 0 Å². The molecule has 0 aromatic carbocycles. The van der Waals surface area contributed by atoms with Crippen LogP contribution in [0.15, 0.2) is 17.9 Å². The molecule has 2 rings (SSSR count). The summed E-state index contributed by atoms with van der Waals surface area (Å²) in [5.41, 5.74) is 2.35. The Morgan fingerprint density at radius 2 is 1.86 bits per heavy atom. The number of rotatable bonds is 6. The van der Waals surface area contributed by atoms with Crippen LogP contribution in [0.25, 0.3) is 0 Å². The van der Waals surface area contributed by atoms with Crippen LogP contribution in [0.5, 0.6) is 0 Å². The molecule has 0 saturated heterocycles. The molecule has 1 N–H and O–H groups in total. The highest BCUT2D eigenvalue weighted by molar-refractivity contribution is 7.09. The summed E-state index contributed by atoms with van der Waals surface area (Å²) in [5, 5.41) is 6.93. The third-order valence-electron chi connectivity index (χ3n) is 3.43. The Labute approximate surface area is 131 Å². The lowest BCUT2D eigenvalue weighted by atomic mass is 10.1. The number of thiazole rings is 1. The summed E-state index contributed by atoms with van der Waals surface area (Å²) in [7, 11) is 0. The maximum Gasteiger partial charge on any atom is 0.116 e. The molecule has 116 valence electrons. The molecular formula is C16H26N4S.